The Morgan fingerprint density at radius 3 is 2.73 bits per heavy atom. The first kappa shape index (κ1) is 8.12. The molecule has 0 spiro atoms. The summed E-state index contributed by atoms with van der Waals surface area (Å²) >= 11 is 0. The lowest BCUT2D eigenvalue weighted by Gasteiger charge is -2.08. The summed E-state index contributed by atoms with van der Waals surface area (Å²) in [7, 11) is 0. The van der Waals surface area contributed by atoms with Crippen LogP contribution in [0.25, 0.3) is 0 Å². The lowest BCUT2D eigenvalue weighted by atomic mass is 9.98. The third-order valence-corrected chi connectivity index (χ3v) is 2.09. The molecule has 0 aliphatic rings. The largest absolute Gasteiger partial charge is 0.399 e. The average molecular weight is 149 g/mol. The van der Waals surface area contributed by atoms with Crippen LogP contribution in [0.3, 0.4) is 0 Å². The molecule has 1 atom stereocenters. The van der Waals surface area contributed by atoms with Crippen molar-refractivity contribution in [2.45, 2.75) is 26.2 Å². The fourth-order valence-corrected chi connectivity index (χ4v) is 1.10. The summed E-state index contributed by atoms with van der Waals surface area (Å²) in [6.45, 7) is 4.41. The van der Waals surface area contributed by atoms with Gasteiger partial charge < -0.3 is 5.73 Å². The van der Waals surface area contributed by atoms with Crippen LogP contribution in [0.2, 0.25) is 0 Å². The Labute approximate surface area is 68.2 Å². The Bertz CT molecular complexity index is 230. The van der Waals surface area contributed by atoms with E-state index in [0.29, 0.717) is 5.92 Å². The van der Waals surface area contributed by atoms with E-state index in [4.69, 9.17) is 5.73 Å². The molecule has 0 amide bonds. The molecule has 0 aliphatic carbocycles. The molecule has 0 aliphatic heterocycles. The van der Waals surface area contributed by atoms with Gasteiger partial charge in [0.15, 0.2) is 0 Å². The Balaban J connectivity index is 2.86. The van der Waals surface area contributed by atoms with E-state index in [1.54, 1.807) is 0 Å². The smallest absolute Gasteiger partial charge is 0.0316 e. The van der Waals surface area contributed by atoms with Crippen LogP contribution in [0.1, 0.15) is 31.7 Å². The van der Waals surface area contributed by atoms with Crippen LogP contribution in [0.15, 0.2) is 24.3 Å². The minimum absolute atomic E-state index is 0.624. The van der Waals surface area contributed by atoms with Gasteiger partial charge in [-0.1, -0.05) is 26.0 Å². The topological polar surface area (TPSA) is 26.0 Å². The van der Waals surface area contributed by atoms with Crippen LogP contribution in [0, 0.1) is 0 Å². The van der Waals surface area contributed by atoms with Crippen molar-refractivity contribution in [2.75, 3.05) is 5.73 Å². The molecule has 0 radical (unpaired) electrons. The highest BCUT2D eigenvalue weighted by molar-refractivity contribution is 5.41. The van der Waals surface area contributed by atoms with Crippen LogP contribution < -0.4 is 5.73 Å². The first-order chi connectivity index (χ1) is 5.24. The second-order valence-corrected chi connectivity index (χ2v) is 2.98. The minimum Gasteiger partial charge on any atom is -0.399 e. The summed E-state index contributed by atoms with van der Waals surface area (Å²) in [6.07, 6.45) is 1.17. The van der Waals surface area contributed by atoms with Gasteiger partial charge in [-0.3, -0.25) is 0 Å². The molecular formula is C10H15N. The number of nitrogen functional groups attached to an aromatic ring is 1. The summed E-state index contributed by atoms with van der Waals surface area (Å²) in [5.74, 6) is 0.624. The van der Waals surface area contributed by atoms with Crippen LogP contribution in [0.4, 0.5) is 5.69 Å². The Morgan fingerprint density at radius 1 is 1.45 bits per heavy atom. The fraction of sp³-hybridized carbons (Fsp3) is 0.400. The lowest BCUT2D eigenvalue weighted by molar-refractivity contribution is 0.734. The molecule has 0 aromatic heterocycles. The molecule has 1 heteroatoms. The Kier molecular flexibility index (Phi) is 2.53. The first-order valence-electron chi connectivity index (χ1n) is 4.09. The number of rotatable bonds is 2. The molecular weight excluding hydrogens is 134 g/mol. The molecule has 2 N–H and O–H groups in total. The van der Waals surface area contributed by atoms with Crippen molar-refractivity contribution in [3.05, 3.63) is 29.8 Å². The average Bonchev–Trinajstić information content (AvgIpc) is 2.03. The summed E-state index contributed by atoms with van der Waals surface area (Å²) in [5, 5.41) is 0. The maximum absolute atomic E-state index is 5.65. The van der Waals surface area contributed by atoms with Gasteiger partial charge in [0.1, 0.15) is 0 Å². The van der Waals surface area contributed by atoms with Crippen LogP contribution in [-0.2, 0) is 0 Å². The molecule has 0 unspecified atom stereocenters. The molecule has 1 aromatic rings. The number of nitrogens with two attached hydrogens (primary N) is 1. The van der Waals surface area contributed by atoms with Gasteiger partial charge in [-0.15, -0.1) is 0 Å². The Morgan fingerprint density at radius 2 is 2.18 bits per heavy atom. The third-order valence-electron chi connectivity index (χ3n) is 2.09. The molecule has 0 heterocycles. The monoisotopic (exact) mass is 149 g/mol. The van der Waals surface area contributed by atoms with Crippen molar-refractivity contribution in [1.82, 2.24) is 0 Å². The van der Waals surface area contributed by atoms with Gasteiger partial charge in [-0.05, 0) is 30.0 Å². The van der Waals surface area contributed by atoms with E-state index in [1.807, 2.05) is 18.2 Å². The molecule has 1 nitrogen and oxygen atoms in total. The summed E-state index contributed by atoms with van der Waals surface area (Å²) in [6, 6.07) is 8.11. The van der Waals surface area contributed by atoms with Crippen molar-refractivity contribution in [1.29, 1.82) is 0 Å². The molecule has 1 rings (SSSR count). The van der Waals surface area contributed by atoms with E-state index < -0.39 is 0 Å². The zero-order chi connectivity index (χ0) is 8.27. The van der Waals surface area contributed by atoms with Crippen LogP contribution in [-0.4, -0.2) is 0 Å². The number of hydrogen-bond acceptors (Lipinski definition) is 1. The highest BCUT2D eigenvalue weighted by atomic mass is 14.5. The summed E-state index contributed by atoms with van der Waals surface area (Å²) in [4.78, 5) is 0. The van der Waals surface area contributed by atoms with Crippen molar-refractivity contribution in [3.63, 3.8) is 0 Å². The lowest BCUT2D eigenvalue weighted by Crippen LogP contribution is -1.92. The molecule has 60 valence electrons. The van der Waals surface area contributed by atoms with Crippen LogP contribution in [0.5, 0.6) is 0 Å². The van der Waals surface area contributed by atoms with Crippen molar-refractivity contribution in [3.8, 4) is 0 Å². The van der Waals surface area contributed by atoms with E-state index in [1.165, 1.54) is 12.0 Å². The predicted molar refractivity (Wildman–Crippen MR) is 49.6 cm³/mol. The number of benzene rings is 1. The quantitative estimate of drug-likeness (QED) is 0.643. The highest BCUT2D eigenvalue weighted by Gasteiger charge is 2.01. The summed E-state index contributed by atoms with van der Waals surface area (Å²) in [5.41, 5.74) is 7.86. The van der Waals surface area contributed by atoms with Crippen LogP contribution >= 0.6 is 0 Å². The Hall–Kier alpha value is -0.980. The highest BCUT2D eigenvalue weighted by Crippen LogP contribution is 2.19. The van der Waals surface area contributed by atoms with Gasteiger partial charge in [-0.25, -0.2) is 0 Å². The maximum atomic E-state index is 5.65. The SMILES string of the molecule is CC[C@H](C)c1cccc(N)c1. The predicted octanol–water partition coefficient (Wildman–Crippen LogP) is 2.78. The van der Waals surface area contributed by atoms with Crippen molar-refractivity contribution >= 4 is 5.69 Å². The van der Waals surface area contributed by atoms with Crippen molar-refractivity contribution < 1.29 is 0 Å². The van der Waals surface area contributed by atoms with Gasteiger partial charge in [0.25, 0.3) is 0 Å². The van der Waals surface area contributed by atoms with E-state index in [-0.39, 0.29) is 0 Å². The number of hydrogen-bond donors (Lipinski definition) is 1. The molecule has 11 heavy (non-hydrogen) atoms. The molecule has 1 aromatic carbocycles. The standard InChI is InChI=1S/C10H15N/c1-3-8(2)9-5-4-6-10(11)7-9/h4-8H,3,11H2,1-2H3/t8-/m0/s1. The van der Waals surface area contributed by atoms with E-state index in [2.05, 4.69) is 19.9 Å². The van der Waals surface area contributed by atoms with Gasteiger partial charge in [-0.2, -0.15) is 0 Å². The zero-order valence-electron chi connectivity index (χ0n) is 7.17. The number of anilines is 1. The normalized spacial score (nSPS) is 12.9. The first-order valence-corrected chi connectivity index (χ1v) is 4.09. The summed E-state index contributed by atoms with van der Waals surface area (Å²) < 4.78 is 0. The fourth-order valence-electron chi connectivity index (χ4n) is 1.10. The van der Waals surface area contributed by atoms with Crippen molar-refractivity contribution in [2.24, 2.45) is 0 Å². The van der Waals surface area contributed by atoms with E-state index >= 15 is 0 Å². The van der Waals surface area contributed by atoms with Gasteiger partial charge in [0.05, 0.1) is 0 Å². The second-order valence-electron chi connectivity index (χ2n) is 2.98. The minimum atomic E-state index is 0.624. The third kappa shape index (κ3) is 1.97. The maximum Gasteiger partial charge on any atom is 0.0316 e. The van der Waals surface area contributed by atoms with E-state index in [9.17, 15) is 0 Å². The van der Waals surface area contributed by atoms with Gasteiger partial charge in [0, 0.05) is 5.69 Å². The van der Waals surface area contributed by atoms with Gasteiger partial charge in [0.2, 0.25) is 0 Å². The second kappa shape index (κ2) is 3.42. The molecule has 0 saturated heterocycles. The zero-order valence-corrected chi connectivity index (χ0v) is 7.17. The van der Waals surface area contributed by atoms with E-state index in [0.717, 1.165) is 5.69 Å². The molecule has 0 bridgehead atoms. The molecule has 0 fully saturated rings. The van der Waals surface area contributed by atoms with Gasteiger partial charge >= 0.3 is 0 Å². The molecule has 0 saturated carbocycles.